The molecule has 2 unspecified atom stereocenters. The topological polar surface area (TPSA) is 50.8 Å². The molecule has 0 saturated carbocycles. The summed E-state index contributed by atoms with van der Waals surface area (Å²) in [6.45, 7) is 3.80. The fourth-order valence-corrected chi connectivity index (χ4v) is 2.31. The third-order valence-electron chi connectivity index (χ3n) is 3.66. The zero-order valence-corrected chi connectivity index (χ0v) is 12.7. The normalized spacial score (nSPS) is 19.0. The molecule has 0 aliphatic carbocycles. The van der Waals surface area contributed by atoms with Crippen LogP contribution in [-0.4, -0.2) is 49.9 Å². The lowest BCUT2D eigenvalue weighted by molar-refractivity contribution is 0.0836. The van der Waals surface area contributed by atoms with Gasteiger partial charge in [0.05, 0.1) is 18.7 Å². The highest BCUT2D eigenvalue weighted by Crippen LogP contribution is 2.15. The zero-order valence-electron chi connectivity index (χ0n) is 12.7. The van der Waals surface area contributed by atoms with Crippen molar-refractivity contribution in [3.8, 4) is 5.75 Å². The van der Waals surface area contributed by atoms with E-state index in [9.17, 15) is 4.79 Å². The predicted octanol–water partition coefficient (Wildman–Crippen LogP) is 2.27. The van der Waals surface area contributed by atoms with Gasteiger partial charge in [0.15, 0.2) is 0 Å². The molecule has 2 amide bonds. The molecule has 0 spiro atoms. The number of nitrogens with one attached hydrogen (secondary N) is 1. The Balaban J connectivity index is 1.67. The molecule has 0 bridgehead atoms. The predicted molar refractivity (Wildman–Crippen MR) is 81.5 cm³/mol. The van der Waals surface area contributed by atoms with Gasteiger partial charge in [0.2, 0.25) is 0 Å². The van der Waals surface area contributed by atoms with Gasteiger partial charge in [-0.3, -0.25) is 0 Å². The van der Waals surface area contributed by atoms with Crippen molar-refractivity contribution in [2.75, 3.05) is 26.8 Å². The molecular formula is C16H24N2O3. The standard InChI is InChI=1S/C16H24N2O3/c1-13(15-9-6-11-21-15)17-16(19)18(2)10-12-20-14-7-4-3-5-8-14/h3-5,7-8,13,15H,6,9-12H2,1-2H3,(H,17,19). The summed E-state index contributed by atoms with van der Waals surface area (Å²) in [4.78, 5) is 13.7. The number of hydrogen-bond acceptors (Lipinski definition) is 3. The molecule has 5 nitrogen and oxygen atoms in total. The first-order valence-corrected chi connectivity index (χ1v) is 7.48. The number of amides is 2. The SMILES string of the molecule is CC(NC(=O)N(C)CCOc1ccccc1)C1CCCO1. The van der Waals surface area contributed by atoms with Crippen molar-refractivity contribution >= 4 is 6.03 Å². The highest BCUT2D eigenvalue weighted by molar-refractivity contribution is 5.74. The van der Waals surface area contributed by atoms with Crippen molar-refractivity contribution in [1.82, 2.24) is 10.2 Å². The number of carbonyl (C=O) groups excluding carboxylic acids is 1. The van der Waals surface area contributed by atoms with E-state index in [1.807, 2.05) is 37.3 Å². The van der Waals surface area contributed by atoms with Crippen molar-refractivity contribution in [3.05, 3.63) is 30.3 Å². The Hall–Kier alpha value is -1.75. The van der Waals surface area contributed by atoms with Crippen LogP contribution in [0.15, 0.2) is 30.3 Å². The molecule has 0 aromatic heterocycles. The Morgan fingerprint density at radius 3 is 2.90 bits per heavy atom. The molecule has 1 aromatic rings. The molecule has 1 aromatic carbocycles. The van der Waals surface area contributed by atoms with Crippen molar-refractivity contribution in [2.45, 2.75) is 31.9 Å². The fraction of sp³-hybridized carbons (Fsp3) is 0.562. The first kappa shape index (κ1) is 15.6. The monoisotopic (exact) mass is 292 g/mol. The molecule has 1 N–H and O–H groups in total. The van der Waals surface area contributed by atoms with Crippen LogP contribution in [0.25, 0.3) is 0 Å². The van der Waals surface area contributed by atoms with E-state index >= 15 is 0 Å². The number of benzene rings is 1. The summed E-state index contributed by atoms with van der Waals surface area (Å²) in [5.41, 5.74) is 0. The van der Waals surface area contributed by atoms with Crippen LogP contribution in [0.1, 0.15) is 19.8 Å². The van der Waals surface area contributed by atoms with Crippen LogP contribution in [0.5, 0.6) is 5.75 Å². The van der Waals surface area contributed by atoms with Crippen LogP contribution in [-0.2, 0) is 4.74 Å². The molecule has 5 heteroatoms. The number of urea groups is 1. The van der Waals surface area contributed by atoms with Gasteiger partial charge in [-0.1, -0.05) is 18.2 Å². The third-order valence-corrected chi connectivity index (χ3v) is 3.66. The Morgan fingerprint density at radius 1 is 1.48 bits per heavy atom. The minimum absolute atomic E-state index is 0.0393. The molecule has 2 rings (SSSR count). The number of hydrogen-bond donors (Lipinski definition) is 1. The highest BCUT2D eigenvalue weighted by atomic mass is 16.5. The van der Waals surface area contributed by atoms with Gasteiger partial charge in [-0.05, 0) is 31.9 Å². The lowest BCUT2D eigenvalue weighted by atomic mass is 10.1. The molecular weight excluding hydrogens is 268 g/mol. The largest absolute Gasteiger partial charge is 0.492 e. The van der Waals surface area contributed by atoms with Crippen LogP contribution < -0.4 is 10.1 Å². The average molecular weight is 292 g/mol. The zero-order chi connectivity index (χ0) is 15.1. The second-order valence-corrected chi connectivity index (χ2v) is 5.37. The molecule has 1 aliphatic rings. The van der Waals surface area contributed by atoms with E-state index in [0.717, 1.165) is 25.2 Å². The maximum absolute atomic E-state index is 12.1. The summed E-state index contributed by atoms with van der Waals surface area (Å²) in [7, 11) is 1.77. The third kappa shape index (κ3) is 4.93. The number of nitrogens with zero attached hydrogens (tertiary/aromatic N) is 1. The molecule has 0 radical (unpaired) electrons. The lowest BCUT2D eigenvalue weighted by Crippen LogP contribution is -2.47. The number of likely N-dealkylation sites (N-methyl/N-ethyl adjacent to an activating group) is 1. The van der Waals surface area contributed by atoms with Gasteiger partial charge in [0, 0.05) is 13.7 Å². The van der Waals surface area contributed by atoms with Crippen LogP contribution in [0.3, 0.4) is 0 Å². The van der Waals surface area contributed by atoms with Crippen LogP contribution >= 0.6 is 0 Å². The van der Waals surface area contributed by atoms with E-state index in [2.05, 4.69) is 5.32 Å². The number of carbonyl (C=O) groups is 1. The second kappa shape index (κ2) is 7.88. The maximum atomic E-state index is 12.1. The van der Waals surface area contributed by atoms with Crippen LogP contribution in [0.2, 0.25) is 0 Å². The summed E-state index contributed by atoms with van der Waals surface area (Å²) in [5.74, 6) is 0.819. The first-order chi connectivity index (χ1) is 10.2. The van der Waals surface area contributed by atoms with Crippen LogP contribution in [0, 0.1) is 0 Å². The van der Waals surface area contributed by atoms with Crippen molar-refractivity contribution in [3.63, 3.8) is 0 Å². The minimum atomic E-state index is -0.0883. The van der Waals surface area contributed by atoms with E-state index in [4.69, 9.17) is 9.47 Å². The summed E-state index contributed by atoms with van der Waals surface area (Å²) in [5, 5.41) is 2.98. The van der Waals surface area contributed by atoms with Crippen molar-refractivity contribution < 1.29 is 14.3 Å². The lowest BCUT2D eigenvalue weighted by Gasteiger charge is -2.24. The van der Waals surface area contributed by atoms with Gasteiger partial charge in [-0.25, -0.2) is 4.79 Å². The van der Waals surface area contributed by atoms with Gasteiger partial charge < -0.3 is 19.7 Å². The van der Waals surface area contributed by atoms with Crippen molar-refractivity contribution in [2.24, 2.45) is 0 Å². The Bertz CT molecular complexity index is 432. The molecule has 116 valence electrons. The molecule has 1 heterocycles. The smallest absolute Gasteiger partial charge is 0.317 e. The number of para-hydroxylation sites is 1. The first-order valence-electron chi connectivity index (χ1n) is 7.48. The Kier molecular flexibility index (Phi) is 5.87. The molecule has 2 atom stereocenters. The van der Waals surface area contributed by atoms with Gasteiger partial charge >= 0.3 is 6.03 Å². The van der Waals surface area contributed by atoms with E-state index in [-0.39, 0.29) is 18.2 Å². The summed E-state index contributed by atoms with van der Waals surface area (Å²) >= 11 is 0. The van der Waals surface area contributed by atoms with Crippen LogP contribution in [0.4, 0.5) is 4.79 Å². The van der Waals surface area contributed by atoms with Crippen molar-refractivity contribution in [1.29, 1.82) is 0 Å². The molecule has 1 fully saturated rings. The fourth-order valence-electron chi connectivity index (χ4n) is 2.31. The van der Waals surface area contributed by atoms with Gasteiger partial charge in [-0.2, -0.15) is 0 Å². The Labute approximate surface area is 126 Å². The summed E-state index contributed by atoms with van der Waals surface area (Å²) in [6, 6.07) is 9.55. The van der Waals surface area contributed by atoms with E-state index in [0.29, 0.717) is 13.2 Å². The summed E-state index contributed by atoms with van der Waals surface area (Å²) in [6.07, 6.45) is 2.23. The molecule has 1 aliphatic heterocycles. The van der Waals surface area contributed by atoms with E-state index in [1.54, 1.807) is 11.9 Å². The van der Waals surface area contributed by atoms with Gasteiger partial charge in [0.1, 0.15) is 12.4 Å². The molecule has 21 heavy (non-hydrogen) atoms. The highest BCUT2D eigenvalue weighted by Gasteiger charge is 2.24. The molecule has 1 saturated heterocycles. The van der Waals surface area contributed by atoms with E-state index < -0.39 is 0 Å². The number of ether oxygens (including phenoxy) is 2. The average Bonchev–Trinajstić information content (AvgIpc) is 3.02. The van der Waals surface area contributed by atoms with Gasteiger partial charge in [0.25, 0.3) is 0 Å². The summed E-state index contributed by atoms with van der Waals surface area (Å²) < 4.78 is 11.2. The second-order valence-electron chi connectivity index (χ2n) is 5.37. The minimum Gasteiger partial charge on any atom is -0.492 e. The number of rotatable bonds is 6. The maximum Gasteiger partial charge on any atom is 0.317 e. The Morgan fingerprint density at radius 2 is 2.24 bits per heavy atom. The van der Waals surface area contributed by atoms with Gasteiger partial charge in [-0.15, -0.1) is 0 Å². The van der Waals surface area contributed by atoms with E-state index in [1.165, 1.54) is 0 Å². The quantitative estimate of drug-likeness (QED) is 0.875.